The molecule has 1 aliphatic rings. The van der Waals surface area contributed by atoms with Gasteiger partial charge in [0.15, 0.2) is 0 Å². The van der Waals surface area contributed by atoms with E-state index >= 15 is 0 Å². The molecule has 0 unspecified atom stereocenters. The molecule has 15 heavy (non-hydrogen) atoms. The maximum Gasteiger partial charge on any atom is 0.0541 e. The third kappa shape index (κ3) is 2.06. The van der Waals surface area contributed by atoms with Crippen LogP contribution in [-0.2, 0) is 12.1 Å². The highest BCUT2D eigenvalue weighted by molar-refractivity contribution is 5.18. The maximum atomic E-state index is 9.46. The lowest BCUT2D eigenvalue weighted by molar-refractivity contribution is 0.0969. The van der Waals surface area contributed by atoms with Gasteiger partial charge in [-0.3, -0.25) is 4.68 Å². The summed E-state index contributed by atoms with van der Waals surface area (Å²) >= 11 is 0. The monoisotopic (exact) mass is 209 g/mol. The number of aryl methyl sites for hydroxylation is 1. The van der Waals surface area contributed by atoms with E-state index in [0.717, 1.165) is 37.8 Å². The zero-order valence-electron chi connectivity index (χ0n) is 9.19. The van der Waals surface area contributed by atoms with Crippen molar-refractivity contribution < 1.29 is 5.11 Å². The smallest absolute Gasteiger partial charge is 0.0541 e. The van der Waals surface area contributed by atoms with Crippen LogP contribution in [0.5, 0.6) is 0 Å². The number of hydrogen-bond acceptors (Lipinski definition) is 3. The van der Waals surface area contributed by atoms with Gasteiger partial charge in [0.1, 0.15) is 0 Å². The van der Waals surface area contributed by atoms with Gasteiger partial charge in [0.05, 0.1) is 12.3 Å². The summed E-state index contributed by atoms with van der Waals surface area (Å²) in [7, 11) is 0. The standard InChI is InChI=1S/C11H19N3O/c1-2-14-8-9(7-13-14)11(12)5-3-10(15)4-6-11/h7-8,10,15H,2-6,12H2,1H3. The molecule has 0 aromatic carbocycles. The Balaban J connectivity index is 2.14. The Labute approximate surface area is 90.1 Å². The molecule has 0 atom stereocenters. The Bertz CT molecular complexity index is 326. The van der Waals surface area contributed by atoms with Gasteiger partial charge in [-0.15, -0.1) is 0 Å². The number of nitrogens with zero attached hydrogens (tertiary/aromatic N) is 2. The quantitative estimate of drug-likeness (QED) is 0.763. The highest BCUT2D eigenvalue weighted by Gasteiger charge is 2.33. The molecular weight excluding hydrogens is 190 g/mol. The van der Waals surface area contributed by atoms with Crippen molar-refractivity contribution in [2.45, 2.75) is 50.8 Å². The molecule has 0 radical (unpaired) electrons. The minimum absolute atomic E-state index is 0.164. The molecule has 4 heteroatoms. The van der Waals surface area contributed by atoms with E-state index in [1.807, 2.05) is 17.1 Å². The first-order valence-electron chi connectivity index (χ1n) is 5.64. The molecule has 1 saturated carbocycles. The number of aliphatic hydroxyl groups is 1. The molecule has 1 aliphatic carbocycles. The van der Waals surface area contributed by atoms with E-state index in [1.54, 1.807) is 0 Å². The van der Waals surface area contributed by atoms with Crippen molar-refractivity contribution in [3.8, 4) is 0 Å². The third-order valence-corrected chi connectivity index (χ3v) is 3.38. The molecule has 84 valence electrons. The van der Waals surface area contributed by atoms with Crippen molar-refractivity contribution in [3.05, 3.63) is 18.0 Å². The van der Waals surface area contributed by atoms with E-state index < -0.39 is 0 Å². The summed E-state index contributed by atoms with van der Waals surface area (Å²) < 4.78 is 1.90. The predicted molar refractivity (Wildman–Crippen MR) is 58.2 cm³/mol. The topological polar surface area (TPSA) is 64.1 Å². The zero-order chi connectivity index (χ0) is 10.9. The third-order valence-electron chi connectivity index (χ3n) is 3.38. The van der Waals surface area contributed by atoms with Crippen molar-refractivity contribution in [1.29, 1.82) is 0 Å². The lowest BCUT2D eigenvalue weighted by Gasteiger charge is -2.34. The van der Waals surface area contributed by atoms with Crippen LogP contribution >= 0.6 is 0 Å². The number of nitrogens with two attached hydrogens (primary N) is 1. The predicted octanol–water partition coefficient (Wildman–Crippen LogP) is 0.992. The van der Waals surface area contributed by atoms with Crippen LogP contribution in [-0.4, -0.2) is 21.0 Å². The van der Waals surface area contributed by atoms with E-state index in [2.05, 4.69) is 12.0 Å². The van der Waals surface area contributed by atoms with Crippen molar-refractivity contribution in [3.63, 3.8) is 0 Å². The normalized spacial score (nSPS) is 31.8. The summed E-state index contributed by atoms with van der Waals surface area (Å²) in [5.41, 5.74) is 7.18. The van der Waals surface area contributed by atoms with Crippen LogP contribution in [0.15, 0.2) is 12.4 Å². The van der Waals surface area contributed by atoms with Gasteiger partial charge in [-0.05, 0) is 32.6 Å². The van der Waals surface area contributed by atoms with E-state index in [9.17, 15) is 5.11 Å². The molecule has 0 bridgehead atoms. The zero-order valence-corrected chi connectivity index (χ0v) is 9.19. The first-order chi connectivity index (χ1) is 7.14. The lowest BCUT2D eigenvalue weighted by Crippen LogP contribution is -2.41. The SMILES string of the molecule is CCn1cc(C2(N)CCC(O)CC2)cn1. The van der Waals surface area contributed by atoms with Crippen LogP contribution in [0, 0.1) is 0 Å². The van der Waals surface area contributed by atoms with Gasteiger partial charge < -0.3 is 10.8 Å². The first-order valence-corrected chi connectivity index (χ1v) is 5.64. The van der Waals surface area contributed by atoms with Crippen LogP contribution in [0.3, 0.4) is 0 Å². The second-order valence-electron chi connectivity index (χ2n) is 4.47. The van der Waals surface area contributed by atoms with E-state index in [0.29, 0.717) is 0 Å². The highest BCUT2D eigenvalue weighted by Crippen LogP contribution is 2.34. The van der Waals surface area contributed by atoms with E-state index in [1.165, 1.54) is 0 Å². The Morgan fingerprint density at radius 2 is 2.27 bits per heavy atom. The molecule has 2 rings (SSSR count). The number of rotatable bonds is 2. The molecule has 1 heterocycles. The Morgan fingerprint density at radius 1 is 1.60 bits per heavy atom. The molecule has 4 nitrogen and oxygen atoms in total. The number of aromatic nitrogens is 2. The fraction of sp³-hybridized carbons (Fsp3) is 0.727. The molecule has 0 saturated heterocycles. The Morgan fingerprint density at radius 3 is 2.80 bits per heavy atom. The van der Waals surface area contributed by atoms with Crippen molar-refractivity contribution in [2.24, 2.45) is 5.73 Å². The Kier molecular flexibility index (Phi) is 2.80. The summed E-state index contributed by atoms with van der Waals surface area (Å²) in [6.45, 7) is 2.93. The van der Waals surface area contributed by atoms with E-state index in [-0.39, 0.29) is 11.6 Å². The molecule has 1 fully saturated rings. The maximum absolute atomic E-state index is 9.46. The minimum Gasteiger partial charge on any atom is -0.393 e. The van der Waals surface area contributed by atoms with Crippen LogP contribution in [0.1, 0.15) is 38.2 Å². The molecule has 0 spiro atoms. The largest absolute Gasteiger partial charge is 0.393 e. The molecule has 3 N–H and O–H groups in total. The van der Waals surface area contributed by atoms with Gasteiger partial charge in [-0.25, -0.2) is 0 Å². The molecular formula is C11H19N3O. The van der Waals surface area contributed by atoms with Crippen molar-refractivity contribution in [2.75, 3.05) is 0 Å². The number of hydrogen-bond donors (Lipinski definition) is 2. The second-order valence-corrected chi connectivity index (χ2v) is 4.47. The van der Waals surface area contributed by atoms with Crippen LogP contribution in [0.2, 0.25) is 0 Å². The van der Waals surface area contributed by atoms with Gasteiger partial charge in [0, 0.05) is 23.8 Å². The summed E-state index contributed by atoms with van der Waals surface area (Å²) in [5, 5.41) is 13.7. The van der Waals surface area contributed by atoms with Crippen molar-refractivity contribution in [1.82, 2.24) is 9.78 Å². The first kappa shape index (κ1) is 10.6. The lowest BCUT2D eigenvalue weighted by atomic mass is 9.77. The van der Waals surface area contributed by atoms with Gasteiger partial charge >= 0.3 is 0 Å². The average Bonchev–Trinajstić information content (AvgIpc) is 2.72. The average molecular weight is 209 g/mol. The fourth-order valence-corrected chi connectivity index (χ4v) is 2.20. The van der Waals surface area contributed by atoms with Gasteiger partial charge in [0.25, 0.3) is 0 Å². The number of aliphatic hydroxyl groups excluding tert-OH is 1. The second kappa shape index (κ2) is 3.94. The van der Waals surface area contributed by atoms with Crippen LogP contribution < -0.4 is 5.73 Å². The van der Waals surface area contributed by atoms with Gasteiger partial charge in [0.2, 0.25) is 0 Å². The molecule has 0 amide bonds. The summed E-state index contributed by atoms with van der Waals surface area (Å²) in [5.74, 6) is 0. The van der Waals surface area contributed by atoms with E-state index in [4.69, 9.17) is 5.73 Å². The summed E-state index contributed by atoms with van der Waals surface area (Å²) in [6.07, 6.45) is 7.02. The van der Waals surface area contributed by atoms with Gasteiger partial charge in [-0.2, -0.15) is 5.10 Å². The molecule has 1 aromatic heterocycles. The molecule has 0 aliphatic heterocycles. The summed E-state index contributed by atoms with van der Waals surface area (Å²) in [6, 6.07) is 0. The van der Waals surface area contributed by atoms with Crippen molar-refractivity contribution >= 4 is 0 Å². The summed E-state index contributed by atoms with van der Waals surface area (Å²) in [4.78, 5) is 0. The van der Waals surface area contributed by atoms with Crippen LogP contribution in [0.25, 0.3) is 0 Å². The van der Waals surface area contributed by atoms with Crippen LogP contribution in [0.4, 0.5) is 0 Å². The van der Waals surface area contributed by atoms with Gasteiger partial charge in [-0.1, -0.05) is 0 Å². The fourth-order valence-electron chi connectivity index (χ4n) is 2.20. The Hall–Kier alpha value is -0.870. The molecule has 1 aromatic rings. The highest BCUT2D eigenvalue weighted by atomic mass is 16.3. The minimum atomic E-state index is -0.271.